The van der Waals surface area contributed by atoms with Crippen molar-refractivity contribution in [2.45, 2.75) is 0 Å². The lowest BCUT2D eigenvalue weighted by Gasteiger charge is -2.11. The third kappa shape index (κ3) is 3.44. The first kappa shape index (κ1) is 15.6. The molecule has 0 aliphatic rings. The number of nitrogens with zero attached hydrogens (tertiary/aromatic N) is 1. The van der Waals surface area contributed by atoms with E-state index in [4.69, 9.17) is 12.2 Å². The summed E-state index contributed by atoms with van der Waals surface area (Å²) in [6, 6.07) is 12.6. The largest absolute Gasteiger partial charge is 0.379 e. The lowest BCUT2D eigenvalue weighted by atomic mass is 10.1. The van der Waals surface area contributed by atoms with E-state index >= 15 is 0 Å². The average molecular weight is 315 g/mol. The fourth-order valence-electron chi connectivity index (χ4n) is 1.88. The molecule has 0 radical (unpaired) electrons. The van der Waals surface area contributed by atoms with E-state index in [2.05, 4.69) is 10.6 Å². The van der Waals surface area contributed by atoms with Gasteiger partial charge in [0.2, 0.25) is 0 Å². The van der Waals surface area contributed by atoms with Crippen LogP contribution in [0.5, 0.6) is 0 Å². The van der Waals surface area contributed by atoms with Crippen LogP contribution in [-0.4, -0.2) is 22.9 Å². The van der Waals surface area contributed by atoms with Crippen molar-refractivity contribution in [1.29, 1.82) is 0 Å². The van der Waals surface area contributed by atoms with Crippen molar-refractivity contribution in [3.63, 3.8) is 0 Å². The highest BCUT2D eigenvalue weighted by Gasteiger charge is 2.14. The number of hydrogen-bond donors (Lipinski definition) is 2. The van der Waals surface area contributed by atoms with Crippen LogP contribution in [0.25, 0.3) is 0 Å². The summed E-state index contributed by atoms with van der Waals surface area (Å²) < 4.78 is 0. The van der Waals surface area contributed by atoms with Gasteiger partial charge in [-0.2, -0.15) is 0 Å². The van der Waals surface area contributed by atoms with Crippen LogP contribution in [0, 0.1) is 10.1 Å². The number of carbonyl (C=O) groups excluding carboxylic acids is 1. The molecule has 0 saturated heterocycles. The molecule has 0 aliphatic carbocycles. The van der Waals surface area contributed by atoms with E-state index in [1.54, 1.807) is 25.2 Å². The van der Waals surface area contributed by atoms with Crippen molar-refractivity contribution < 1.29 is 9.72 Å². The molecule has 22 heavy (non-hydrogen) atoms. The van der Waals surface area contributed by atoms with E-state index in [1.165, 1.54) is 24.3 Å². The second-order valence-corrected chi connectivity index (χ2v) is 4.79. The van der Waals surface area contributed by atoms with Gasteiger partial charge in [0.1, 0.15) is 4.99 Å². The van der Waals surface area contributed by atoms with Crippen molar-refractivity contribution in [1.82, 2.24) is 5.32 Å². The molecule has 2 rings (SSSR count). The Balaban J connectivity index is 2.28. The van der Waals surface area contributed by atoms with Crippen LogP contribution in [0.1, 0.15) is 15.9 Å². The molecule has 0 heterocycles. The van der Waals surface area contributed by atoms with Gasteiger partial charge in [-0.25, -0.2) is 0 Å². The normalized spacial score (nSPS) is 9.86. The lowest BCUT2D eigenvalue weighted by molar-refractivity contribution is -0.384. The predicted molar refractivity (Wildman–Crippen MR) is 88.3 cm³/mol. The van der Waals surface area contributed by atoms with E-state index < -0.39 is 10.8 Å². The van der Waals surface area contributed by atoms with Crippen molar-refractivity contribution >= 4 is 34.5 Å². The molecule has 2 aromatic rings. The number of nitro benzene ring substituents is 1. The van der Waals surface area contributed by atoms with Crippen LogP contribution in [0.3, 0.4) is 0 Å². The number of anilines is 1. The molecule has 0 atom stereocenters. The van der Waals surface area contributed by atoms with Crippen molar-refractivity contribution in [3.05, 3.63) is 69.8 Å². The fraction of sp³-hybridized carbons (Fsp3) is 0.0667. The summed E-state index contributed by atoms with van der Waals surface area (Å²) in [6.07, 6.45) is 0. The zero-order valence-electron chi connectivity index (χ0n) is 11.7. The van der Waals surface area contributed by atoms with Crippen molar-refractivity contribution in [3.8, 4) is 0 Å². The highest BCUT2D eigenvalue weighted by molar-refractivity contribution is 7.80. The Morgan fingerprint density at radius 2 is 1.91 bits per heavy atom. The maximum atomic E-state index is 12.3. The number of nitro groups is 1. The van der Waals surface area contributed by atoms with E-state index in [1.807, 2.05) is 6.07 Å². The van der Waals surface area contributed by atoms with Gasteiger partial charge in [0.05, 0.1) is 10.6 Å². The Labute approximate surface area is 132 Å². The van der Waals surface area contributed by atoms with Crippen LogP contribution in [0.2, 0.25) is 0 Å². The van der Waals surface area contributed by atoms with Crippen LogP contribution < -0.4 is 10.6 Å². The number of nitrogens with one attached hydrogen (secondary N) is 2. The summed E-state index contributed by atoms with van der Waals surface area (Å²) in [4.78, 5) is 23.0. The van der Waals surface area contributed by atoms with Gasteiger partial charge < -0.3 is 10.6 Å². The molecular weight excluding hydrogens is 302 g/mol. The molecule has 0 aromatic heterocycles. The Bertz CT molecular complexity index is 746. The minimum atomic E-state index is -0.541. The minimum Gasteiger partial charge on any atom is -0.379 e. The van der Waals surface area contributed by atoms with Gasteiger partial charge in [-0.05, 0) is 18.2 Å². The number of carbonyl (C=O) groups is 1. The first-order valence-corrected chi connectivity index (χ1v) is 6.80. The summed E-state index contributed by atoms with van der Waals surface area (Å²) in [5.74, 6) is -0.435. The molecule has 6 nitrogen and oxygen atoms in total. The molecule has 0 aliphatic heterocycles. The van der Waals surface area contributed by atoms with E-state index in [0.717, 1.165) is 0 Å². The van der Waals surface area contributed by atoms with Crippen LogP contribution in [-0.2, 0) is 0 Å². The summed E-state index contributed by atoms with van der Waals surface area (Å²) in [7, 11) is 1.70. The Hall–Kier alpha value is -2.80. The SMILES string of the molecule is CNC(=S)c1ccccc1NC(=O)c1cccc([N+](=O)[O-])c1. The maximum Gasteiger partial charge on any atom is 0.270 e. The summed E-state index contributed by atoms with van der Waals surface area (Å²) >= 11 is 5.18. The third-order valence-corrected chi connectivity index (χ3v) is 3.39. The molecular formula is C15H13N3O3S. The molecule has 1 amide bonds. The van der Waals surface area contributed by atoms with Crippen LogP contribution in [0.4, 0.5) is 11.4 Å². The van der Waals surface area contributed by atoms with Crippen LogP contribution in [0.15, 0.2) is 48.5 Å². The molecule has 0 saturated carbocycles. The zero-order valence-corrected chi connectivity index (χ0v) is 12.5. The number of amides is 1. The van der Waals surface area contributed by atoms with Crippen LogP contribution >= 0.6 is 12.2 Å². The van der Waals surface area contributed by atoms with Gasteiger partial charge >= 0.3 is 0 Å². The number of thiocarbonyl (C=S) groups is 1. The Kier molecular flexibility index (Phi) is 4.80. The Morgan fingerprint density at radius 3 is 2.59 bits per heavy atom. The standard InChI is InChI=1S/C15H13N3O3S/c1-16-15(22)12-7-2-3-8-13(12)17-14(19)10-5-4-6-11(9-10)18(20)21/h2-9H,1H3,(H,16,22)(H,17,19). The monoisotopic (exact) mass is 315 g/mol. The highest BCUT2D eigenvalue weighted by atomic mass is 32.1. The summed E-state index contributed by atoms with van der Waals surface area (Å²) in [5, 5.41) is 16.3. The van der Waals surface area contributed by atoms with E-state index in [-0.39, 0.29) is 11.3 Å². The quantitative estimate of drug-likeness (QED) is 0.515. The van der Waals surface area contributed by atoms with Gasteiger partial charge in [0, 0.05) is 30.3 Å². The Morgan fingerprint density at radius 1 is 1.18 bits per heavy atom. The second kappa shape index (κ2) is 6.77. The lowest BCUT2D eigenvalue weighted by Crippen LogP contribution is -2.20. The fourth-order valence-corrected chi connectivity index (χ4v) is 2.06. The predicted octanol–water partition coefficient (Wildman–Crippen LogP) is 2.74. The second-order valence-electron chi connectivity index (χ2n) is 4.39. The summed E-state index contributed by atoms with van der Waals surface area (Å²) in [6.45, 7) is 0. The van der Waals surface area contributed by atoms with Crippen molar-refractivity contribution in [2.75, 3.05) is 12.4 Å². The molecule has 0 spiro atoms. The van der Waals surface area contributed by atoms with Gasteiger partial charge in [0.15, 0.2) is 0 Å². The third-order valence-electron chi connectivity index (χ3n) is 2.97. The van der Waals surface area contributed by atoms with Gasteiger partial charge in [-0.1, -0.05) is 30.4 Å². The van der Waals surface area contributed by atoms with Gasteiger partial charge in [0.25, 0.3) is 11.6 Å². The molecule has 0 fully saturated rings. The molecule has 0 bridgehead atoms. The topological polar surface area (TPSA) is 84.3 Å². The molecule has 0 unspecified atom stereocenters. The summed E-state index contributed by atoms with van der Waals surface area (Å²) in [5.41, 5.74) is 1.29. The number of non-ortho nitro benzene ring substituents is 1. The number of para-hydroxylation sites is 1. The zero-order chi connectivity index (χ0) is 16.1. The first-order chi connectivity index (χ1) is 10.5. The van der Waals surface area contributed by atoms with Crippen molar-refractivity contribution in [2.24, 2.45) is 0 Å². The average Bonchev–Trinajstić information content (AvgIpc) is 2.54. The van der Waals surface area contributed by atoms with E-state index in [9.17, 15) is 14.9 Å². The van der Waals surface area contributed by atoms with E-state index in [0.29, 0.717) is 16.2 Å². The molecule has 2 N–H and O–H groups in total. The smallest absolute Gasteiger partial charge is 0.270 e. The highest BCUT2D eigenvalue weighted by Crippen LogP contribution is 2.18. The number of rotatable bonds is 4. The number of benzene rings is 2. The van der Waals surface area contributed by atoms with Gasteiger partial charge in [-0.15, -0.1) is 0 Å². The molecule has 2 aromatic carbocycles. The molecule has 7 heteroatoms. The van der Waals surface area contributed by atoms with Gasteiger partial charge in [-0.3, -0.25) is 14.9 Å². The maximum absolute atomic E-state index is 12.3. The minimum absolute atomic E-state index is 0.133. The first-order valence-electron chi connectivity index (χ1n) is 6.40. The number of hydrogen-bond acceptors (Lipinski definition) is 4. The molecule has 112 valence electrons.